The number of nitrogens with zero attached hydrogens (tertiary/aromatic N) is 2. The summed E-state index contributed by atoms with van der Waals surface area (Å²) >= 11 is 0. The Morgan fingerprint density at radius 1 is 1.03 bits per heavy atom. The van der Waals surface area contributed by atoms with Crippen LogP contribution in [-0.2, 0) is 0 Å². The molecule has 1 atom stereocenters. The van der Waals surface area contributed by atoms with Gasteiger partial charge in [-0.2, -0.15) is 4.73 Å². The van der Waals surface area contributed by atoms with Crippen molar-refractivity contribution in [2.75, 3.05) is 0 Å². The zero-order valence-corrected chi connectivity index (χ0v) is 15.7. The van der Waals surface area contributed by atoms with Crippen molar-refractivity contribution < 1.29 is 14.6 Å². The molecule has 2 aromatic heterocycles. The monoisotopic (exact) mass is 385 g/mol. The smallest absolute Gasteiger partial charge is 0.256 e. The first-order valence-corrected chi connectivity index (χ1v) is 9.22. The first-order valence-electron chi connectivity index (χ1n) is 9.22. The van der Waals surface area contributed by atoms with Crippen molar-refractivity contribution in [2.24, 2.45) is 0 Å². The van der Waals surface area contributed by atoms with Crippen molar-refractivity contribution in [3.8, 4) is 17.0 Å². The van der Waals surface area contributed by atoms with E-state index in [1.165, 1.54) is 6.20 Å². The minimum atomic E-state index is -0.548. The van der Waals surface area contributed by atoms with E-state index in [1.807, 2.05) is 36.4 Å². The molecule has 6 nitrogen and oxygen atoms in total. The number of carbonyl (C=O) groups is 1. The van der Waals surface area contributed by atoms with Gasteiger partial charge in [-0.15, -0.1) is 0 Å². The van der Waals surface area contributed by atoms with Crippen LogP contribution in [0.4, 0.5) is 0 Å². The molecule has 0 saturated heterocycles. The normalized spacial score (nSPS) is 11.9. The molecular weight excluding hydrogens is 366 g/mol. The standard InChI is InChI=1S/C23H19N3O3/c1-15(19-13-7-8-14-26(19)29)24-23(28)20-17-11-5-6-12-18(17)25-21(22(20)27)16-9-3-2-4-10-16/h2-15,27H,1H3,(H,24,28). The van der Waals surface area contributed by atoms with E-state index in [0.29, 0.717) is 32.6 Å². The van der Waals surface area contributed by atoms with Gasteiger partial charge in [0.05, 0.1) is 11.1 Å². The van der Waals surface area contributed by atoms with Gasteiger partial charge in [0.25, 0.3) is 5.91 Å². The van der Waals surface area contributed by atoms with Gasteiger partial charge in [0.2, 0.25) is 5.69 Å². The zero-order valence-electron chi connectivity index (χ0n) is 15.7. The van der Waals surface area contributed by atoms with E-state index in [9.17, 15) is 15.1 Å². The maximum Gasteiger partial charge on any atom is 0.256 e. The van der Waals surface area contributed by atoms with Crippen LogP contribution in [0.5, 0.6) is 5.75 Å². The summed E-state index contributed by atoms with van der Waals surface area (Å²) in [6.45, 7) is 1.72. The van der Waals surface area contributed by atoms with Crippen molar-refractivity contribution in [3.05, 3.63) is 95.5 Å². The molecule has 1 amide bonds. The first kappa shape index (κ1) is 18.4. The van der Waals surface area contributed by atoms with Crippen LogP contribution in [0.25, 0.3) is 22.2 Å². The number of para-hydroxylation sites is 1. The molecule has 0 bridgehead atoms. The number of pyridine rings is 2. The number of rotatable bonds is 4. The van der Waals surface area contributed by atoms with Crippen molar-refractivity contribution in [3.63, 3.8) is 0 Å². The van der Waals surface area contributed by atoms with E-state index in [-0.39, 0.29) is 11.3 Å². The SMILES string of the molecule is CC(NC(=O)c1c(O)c(-c2ccccc2)nc2ccccc12)c1cccc[n+]1[O-]. The fourth-order valence-corrected chi connectivity index (χ4v) is 3.35. The summed E-state index contributed by atoms with van der Waals surface area (Å²) in [4.78, 5) is 17.7. The summed E-state index contributed by atoms with van der Waals surface area (Å²) in [5.74, 6) is -0.669. The summed E-state index contributed by atoms with van der Waals surface area (Å²) in [6, 6.07) is 20.8. The topological polar surface area (TPSA) is 89.2 Å². The van der Waals surface area contributed by atoms with Crippen LogP contribution in [0.3, 0.4) is 0 Å². The molecule has 0 spiro atoms. The molecule has 2 N–H and O–H groups in total. The van der Waals surface area contributed by atoms with Gasteiger partial charge < -0.3 is 15.6 Å². The Kier molecular flexibility index (Phi) is 4.83. The highest BCUT2D eigenvalue weighted by Crippen LogP contribution is 2.35. The molecule has 4 aromatic rings. The molecule has 0 radical (unpaired) electrons. The highest BCUT2D eigenvalue weighted by atomic mass is 16.5. The van der Waals surface area contributed by atoms with E-state index < -0.39 is 11.9 Å². The van der Waals surface area contributed by atoms with Gasteiger partial charge >= 0.3 is 0 Å². The zero-order chi connectivity index (χ0) is 20.4. The molecule has 29 heavy (non-hydrogen) atoms. The second-order valence-corrected chi connectivity index (χ2v) is 6.71. The molecule has 2 aromatic carbocycles. The van der Waals surface area contributed by atoms with Gasteiger partial charge in [0.1, 0.15) is 11.7 Å². The average molecular weight is 385 g/mol. The van der Waals surface area contributed by atoms with Crippen LogP contribution in [0.1, 0.15) is 29.0 Å². The van der Waals surface area contributed by atoms with Gasteiger partial charge in [-0.3, -0.25) is 4.79 Å². The molecule has 4 rings (SSSR count). The lowest BCUT2D eigenvalue weighted by Crippen LogP contribution is -2.38. The maximum absolute atomic E-state index is 13.1. The van der Waals surface area contributed by atoms with Crippen LogP contribution >= 0.6 is 0 Å². The number of hydrogen-bond acceptors (Lipinski definition) is 4. The van der Waals surface area contributed by atoms with E-state index in [0.717, 1.165) is 0 Å². The minimum absolute atomic E-state index is 0.134. The molecule has 1 unspecified atom stereocenters. The predicted octanol–water partition coefficient (Wildman–Crippen LogP) is 3.73. The Bertz CT molecular complexity index is 1190. The Hall–Kier alpha value is -3.93. The highest BCUT2D eigenvalue weighted by Gasteiger charge is 2.24. The van der Waals surface area contributed by atoms with E-state index in [4.69, 9.17) is 0 Å². The van der Waals surface area contributed by atoms with E-state index in [1.54, 1.807) is 43.3 Å². The third-order valence-electron chi connectivity index (χ3n) is 4.79. The summed E-state index contributed by atoms with van der Waals surface area (Å²) in [6.07, 6.45) is 1.38. The Morgan fingerprint density at radius 2 is 1.72 bits per heavy atom. The highest BCUT2D eigenvalue weighted by molar-refractivity contribution is 6.10. The van der Waals surface area contributed by atoms with Crippen LogP contribution in [0, 0.1) is 5.21 Å². The largest absolute Gasteiger partial charge is 0.618 e. The fourth-order valence-electron chi connectivity index (χ4n) is 3.35. The Labute approximate surface area is 167 Å². The summed E-state index contributed by atoms with van der Waals surface area (Å²) in [5.41, 5.74) is 2.18. The number of benzene rings is 2. The van der Waals surface area contributed by atoms with Crippen LogP contribution in [0.2, 0.25) is 0 Å². The second-order valence-electron chi connectivity index (χ2n) is 6.71. The van der Waals surface area contributed by atoms with Gasteiger partial charge in [-0.05, 0) is 19.1 Å². The quantitative estimate of drug-likeness (QED) is 0.414. The van der Waals surface area contributed by atoms with Crippen molar-refractivity contribution >= 4 is 16.8 Å². The Balaban J connectivity index is 1.81. The predicted molar refractivity (Wildman–Crippen MR) is 110 cm³/mol. The molecule has 144 valence electrons. The lowest BCUT2D eigenvalue weighted by Gasteiger charge is -2.16. The van der Waals surface area contributed by atoms with Crippen LogP contribution < -0.4 is 10.0 Å². The molecule has 0 saturated carbocycles. The van der Waals surface area contributed by atoms with Crippen LogP contribution in [-0.4, -0.2) is 16.0 Å². The number of carbonyl (C=O) groups excluding carboxylic acids is 1. The van der Waals surface area contributed by atoms with Crippen molar-refractivity contribution in [1.29, 1.82) is 0 Å². The number of fused-ring (bicyclic) bond motifs is 1. The summed E-state index contributed by atoms with van der Waals surface area (Å²) in [5, 5.41) is 26.3. The van der Waals surface area contributed by atoms with Gasteiger partial charge in [0.15, 0.2) is 11.9 Å². The first-order chi connectivity index (χ1) is 14.1. The molecule has 6 heteroatoms. The maximum atomic E-state index is 13.1. The van der Waals surface area contributed by atoms with Gasteiger partial charge in [-0.25, -0.2) is 4.98 Å². The third-order valence-corrected chi connectivity index (χ3v) is 4.79. The molecule has 0 fully saturated rings. The van der Waals surface area contributed by atoms with E-state index in [2.05, 4.69) is 10.3 Å². The number of aromatic hydroxyl groups is 1. The van der Waals surface area contributed by atoms with Crippen molar-refractivity contribution in [1.82, 2.24) is 10.3 Å². The minimum Gasteiger partial charge on any atom is -0.618 e. The number of aromatic nitrogens is 2. The molecule has 0 aliphatic carbocycles. The number of nitrogens with one attached hydrogen (secondary N) is 1. The lowest BCUT2D eigenvalue weighted by atomic mass is 10.0. The van der Waals surface area contributed by atoms with Gasteiger partial charge in [0, 0.05) is 23.1 Å². The molecule has 0 aliphatic heterocycles. The number of hydrogen-bond donors (Lipinski definition) is 2. The second kappa shape index (κ2) is 7.59. The Morgan fingerprint density at radius 3 is 2.48 bits per heavy atom. The summed E-state index contributed by atoms with van der Waals surface area (Å²) in [7, 11) is 0. The average Bonchev–Trinajstić information content (AvgIpc) is 2.74. The molecular formula is C23H19N3O3. The molecule has 0 aliphatic rings. The van der Waals surface area contributed by atoms with Crippen LogP contribution in [0.15, 0.2) is 79.0 Å². The van der Waals surface area contributed by atoms with E-state index >= 15 is 0 Å². The van der Waals surface area contributed by atoms with Crippen molar-refractivity contribution in [2.45, 2.75) is 13.0 Å². The summed E-state index contributed by atoms with van der Waals surface area (Å²) < 4.78 is 0.713. The lowest BCUT2D eigenvalue weighted by molar-refractivity contribution is -0.615. The van der Waals surface area contributed by atoms with Gasteiger partial charge in [-0.1, -0.05) is 48.5 Å². The molecule has 2 heterocycles. The fraction of sp³-hybridized carbons (Fsp3) is 0.0870. The third kappa shape index (κ3) is 3.48. The number of amides is 1.